The molecule has 0 spiro atoms. The van der Waals surface area contributed by atoms with Crippen LogP contribution in [0.1, 0.15) is 97.8 Å². The molecule has 0 aliphatic heterocycles. The number of unbranched alkanes of at least 4 members (excludes halogenated alkanes) is 6. The van der Waals surface area contributed by atoms with Crippen molar-refractivity contribution < 1.29 is 4.74 Å². The van der Waals surface area contributed by atoms with Gasteiger partial charge in [-0.1, -0.05) is 72.6 Å². The van der Waals surface area contributed by atoms with Crippen molar-refractivity contribution in [2.45, 2.75) is 105 Å². The minimum Gasteiger partial charge on any atom is -0.366 e. The van der Waals surface area contributed by atoms with E-state index in [0.29, 0.717) is 0 Å². The molecular weight excluding hydrogens is 382 g/mol. The highest BCUT2D eigenvalue weighted by Crippen LogP contribution is 2.37. The summed E-state index contributed by atoms with van der Waals surface area (Å²) < 4.78 is 7.52. The van der Waals surface area contributed by atoms with Crippen molar-refractivity contribution in [3.8, 4) is 0 Å². The molecule has 0 amide bonds. The standard InChI is InChI=1S/C20H36BrNOS/c1-7-8-9-10-11-12-13-14-16(19(2,3)4)23-20(5,6)17-15-22-18(21)24-17/h15-16H,7-14H2,1-6H3. The third-order valence-electron chi connectivity index (χ3n) is 4.54. The van der Waals surface area contributed by atoms with Gasteiger partial charge in [0.25, 0.3) is 0 Å². The van der Waals surface area contributed by atoms with Gasteiger partial charge in [0.2, 0.25) is 0 Å². The molecule has 0 N–H and O–H groups in total. The first-order valence-corrected chi connectivity index (χ1v) is 11.1. The van der Waals surface area contributed by atoms with Gasteiger partial charge in [0.05, 0.1) is 16.6 Å². The van der Waals surface area contributed by atoms with Gasteiger partial charge >= 0.3 is 0 Å². The molecule has 24 heavy (non-hydrogen) atoms. The molecule has 0 aliphatic rings. The lowest BCUT2D eigenvalue weighted by molar-refractivity contribution is -0.120. The molecule has 1 aromatic heterocycles. The molecule has 1 aromatic rings. The predicted molar refractivity (Wildman–Crippen MR) is 110 cm³/mol. The Bertz CT molecular complexity index is 464. The van der Waals surface area contributed by atoms with Gasteiger partial charge in [0.1, 0.15) is 0 Å². The number of hydrogen-bond acceptors (Lipinski definition) is 3. The number of thiazole rings is 1. The van der Waals surface area contributed by atoms with E-state index in [2.05, 4.69) is 62.5 Å². The van der Waals surface area contributed by atoms with Crippen LogP contribution in [0.15, 0.2) is 10.1 Å². The fourth-order valence-electron chi connectivity index (χ4n) is 2.90. The van der Waals surface area contributed by atoms with Crippen molar-refractivity contribution in [3.05, 3.63) is 15.0 Å². The number of nitrogens with zero attached hydrogens (tertiary/aromatic N) is 1. The van der Waals surface area contributed by atoms with E-state index >= 15 is 0 Å². The Hall–Kier alpha value is 0.0700. The van der Waals surface area contributed by atoms with Gasteiger partial charge in [-0.3, -0.25) is 0 Å². The van der Waals surface area contributed by atoms with E-state index in [9.17, 15) is 0 Å². The molecule has 0 aromatic carbocycles. The van der Waals surface area contributed by atoms with Gasteiger partial charge in [-0.2, -0.15) is 0 Å². The summed E-state index contributed by atoms with van der Waals surface area (Å²) >= 11 is 5.13. The van der Waals surface area contributed by atoms with Crippen molar-refractivity contribution in [3.63, 3.8) is 0 Å². The van der Waals surface area contributed by atoms with Gasteiger partial charge < -0.3 is 4.74 Å². The first-order chi connectivity index (χ1) is 11.2. The average Bonchev–Trinajstić information content (AvgIpc) is 2.91. The molecule has 1 unspecified atom stereocenters. The summed E-state index contributed by atoms with van der Waals surface area (Å²) in [5.74, 6) is 0. The first kappa shape index (κ1) is 22.1. The zero-order chi connectivity index (χ0) is 18.2. The summed E-state index contributed by atoms with van der Waals surface area (Å²) in [5.41, 5.74) is -0.135. The van der Waals surface area contributed by atoms with Gasteiger partial charge in [0.15, 0.2) is 3.92 Å². The molecule has 4 heteroatoms. The van der Waals surface area contributed by atoms with Crippen LogP contribution in [0.5, 0.6) is 0 Å². The second-order valence-corrected chi connectivity index (χ2v) is 10.7. The Labute approximate surface area is 161 Å². The van der Waals surface area contributed by atoms with Crippen LogP contribution in [-0.4, -0.2) is 11.1 Å². The van der Waals surface area contributed by atoms with Gasteiger partial charge in [-0.25, -0.2) is 4.98 Å². The normalized spacial score (nSPS) is 14.1. The van der Waals surface area contributed by atoms with E-state index < -0.39 is 0 Å². The molecule has 0 saturated heterocycles. The third kappa shape index (κ3) is 7.97. The van der Waals surface area contributed by atoms with E-state index in [1.54, 1.807) is 11.3 Å². The van der Waals surface area contributed by atoms with E-state index in [4.69, 9.17) is 4.74 Å². The highest BCUT2D eigenvalue weighted by atomic mass is 79.9. The predicted octanol–water partition coefficient (Wildman–Crippen LogP) is 7.71. The van der Waals surface area contributed by atoms with Crippen LogP contribution in [-0.2, 0) is 10.3 Å². The fraction of sp³-hybridized carbons (Fsp3) is 0.850. The summed E-state index contributed by atoms with van der Waals surface area (Å²) in [6.45, 7) is 13.5. The minimum absolute atomic E-state index is 0.154. The van der Waals surface area contributed by atoms with Crippen LogP contribution in [0.2, 0.25) is 0 Å². The zero-order valence-electron chi connectivity index (χ0n) is 16.5. The first-order valence-electron chi connectivity index (χ1n) is 9.46. The Balaban J connectivity index is 2.51. The molecule has 1 atom stereocenters. The average molecular weight is 418 g/mol. The highest BCUT2D eigenvalue weighted by Gasteiger charge is 2.33. The SMILES string of the molecule is CCCCCCCCCC(OC(C)(C)c1cnc(Br)s1)C(C)(C)C. The van der Waals surface area contributed by atoms with E-state index in [-0.39, 0.29) is 17.1 Å². The maximum Gasteiger partial charge on any atom is 0.159 e. The minimum atomic E-state index is -0.289. The van der Waals surface area contributed by atoms with E-state index in [0.717, 1.165) is 10.3 Å². The van der Waals surface area contributed by atoms with Gasteiger partial charge in [0, 0.05) is 6.20 Å². The number of halogens is 1. The van der Waals surface area contributed by atoms with Crippen LogP contribution in [0.25, 0.3) is 0 Å². The molecule has 0 radical (unpaired) electrons. The summed E-state index contributed by atoms with van der Waals surface area (Å²) in [6.07, 6.45) is 12.8. The largest absolute Gasteiger partial charge is 0.366 e. The molecule has 2 nitrogen and oxygen atoms in total. The fourth-order valence-corrected chi connectivity index (χ4v) is 4.21. The zero-order valence-corrected chi connectivity index (χ0v) is 18.9. The van der Waals surface area contributed by atoms with Crippen LogP contribution in [0.4, 0.5) is 0 Å². The summed E-state index contributed by atoms with van der Waals surface area (Å²) in [7, 11) is 0. The van der Waals surface area contributed by atoms with Crippen molar-refractivity contribution in [1.82, 2.24) is 4.98 Å². The van der Waals surface area contributed by atoms with Crippen LogP contribution in [0, 0.1) is 5.41 Å². The molecule has 0 bridgehead atoms. The number of rotatable bonds is 11. The molecular formula is C20H36BrNOS. The second kappa shape index (κ2) is 10.3. The monoisotopic (exact) mass is 417 g/mol. The lowest BCUT2D eigenvalue weighted by atomic mass is 9.85. The Kier molecular flexibility index (Phi) is 9.47. The van der Waals surface area contributed by atoms with E-state index in [1.165, 1.54) is 49.8 Å². The van der Waals surface area contributed by atoms with Crippen LogP contribution >= 0.6 is 27.3 Å². The summed E-state index contributed by atoms with van der Waals surface area (Å²) in [5, 5.41) is 0. The maximum atomic E-state index is 6.60. The highest BCUT2D eigenvalue weighted by molar-refractivity contribution is 9.11. The van der Waals surface area contributed by atoms with Crippen molar-refractivity contribution in [2.75, 3.05) is 0 Å². The number of aromatic nitrogens is 1. The molecule has 0 aliphatic carbocycles. The molecule has 1 rings (SSSR count). The third-order valence-corrected chi connectivity index (χ3v) is 6.32. The van der Waals surface area contributed by atoms with Crippen LogP contribution in [0.3, 0.4) is 0 Å². The molecule has 0 saturated carbocycles. The lowest BCUT2D eigenvalue weighted by Gasteiger charge is -2.37. The van der Waals surface area contributed by atoms with Crippen LogP contribution < -0.4 is 0 Å². The van der Waals surface area contributed by atoms with Crippen molar-refractivity contribution >= 4 is 27.3 Å². The Morgan fingerprint density at radius 2 is 1.62 bits per heavy atom. The number of hydrogen-bond donors (Lipinski definition) is 0. The Morgan fingerprint density at radius 3 is 2.12 bits per heavy atom. The second-order valence-electron chi connectivity index (χ2n) is 8.37. The van der Waals surface area contributed by atoms with Crippen molar-refractivity contribution in [1.29, 1.82) is 0 Å². The van der Waals surface area contributed by atoms with Gasteiger partial charge in [-0.15, -0.1) is 11.3 Å². The van der Waals surface area contributed by atoms with Crippen molar-refractivity contribution in [2.24, 2.45) is 5.41 Å². The van der Waals surface area contributed by atoms with E-state index in [1.807, 2.05) is 6.20 Å². The molecule has 1 heterocycles. The number of ether oxygens (including phenoxy) is 1. The molecule has 140 valence electrons. The summed E-state index contributed by atoms with van der Waals surface area (Å²) in [4.78, 5) is 5.50. The van der Waals surface area contributed by atoms with Gasteiger partial charge in [-0.05, 0) is 41.6 Å². The molecule has 0 fully saturated rings. The topological polar surface area (TPSA) is 22.1 Å². The smallest absolute Gasteiger partial charge is 0.159 e. The lowest BCUT2D eigenvalue weighted by Crippen LogP contribution is -2.36. The summed E-state index contributed by atoms with van der Waals surface area (Å²) in [6, 6.07) is 0. The quantitative estimate of drug-likeness (QED) is 0.343. The maximum absolute atomic E-state index is 6.60. The Morgan fingerprint density at radius 1 is 1.04 bits per heavy atom.